The molecule has 0 bridgehead atoms. The molecule has 1 saturated carbocycles. The molecule has 2 atom stereocenters. The monoisotopic (exact) mass is 192 g/mol. The fraction of sp³-hybridized carbons (Fsp3) is 0.778. The molecular formula is C9H14Cl2. The van der Waals surface area contributed by atoms with Crippen molar-refractivity contribution >= 4 is 23.2 Å². The van der Waals surface area contributed by atoms with Crippen molar-refractivity contribution in [1.29, 1.82) is 0 Å². The summed E-state index contributed by atoms with van der Waals surface area (Å²) in [4.78, 5) is 0. The van der Waals surface area contributed by atoms with E-state index in [1.165, 1.54) is 31.2 Å². The Morgan fingerprint density at radius 1 is 1.36 bits per heavy atom. The Hall–Kier alpha value is 0.320. The van der Waals surface area contributed by atoms with Crippen molar-refractivity contribution in [2.45, 2.75) is 32.6 Å². The number of halogens is 2. The van der Waals surface area contributed by atoms with Gasteiger partial charge in [-0.1, -0.05) is 49.4 Å². The van der Waals surface area contributed by atoms with E-state index in [1.807, 2.05) is 0 Å². The van der Waals surface area contributed by atoms with E-state index in [2.05, 4.69) is 6.92 Å². The third kappa shape index (κ3) is 2.38. The zero-order valence-electron chi connectivity index (χ0n) is 6.82. The molecule has 2 heteroatoms. The second-order valence-electron chi connectivity index (χ2n) is 3.36. The molecule has 0 heterocycles. The molecule has 0 spiro atoms. The highest BCUT2D eigenvalue weighted by Crippen LogP contribution is 2.36. The minimum Gasteiger partial charge on any atom is -0.0917 e. The van der Waals surface area contributed by atoms with Crippen LogP contribution in [-0.2, 0) is 0 Å². The fourth-order valence-electron chi connectivity index (χ4n) is 1.81. The van der Waals surface area contributed by atoms with E-state index in [1.54, 1.807) is 0 Å². The number of hydrogen-bond acceptors (Lipinski definition) is 0. The first-order chi connectivity index (χ1) is 5.25. The van der Waals surface area contributed by atoms with Gasteiger partial charge in [0.05, 0.1) is 0 Å². The summed E-state index contributed by atoms with van der Waals surface area (Å²) in [6.07, 6.45) is 5.16. The Labute approximate surface area is 78.6 Å². The standard InChI is InChI=1S/C9H14Cl2/c1-7-4-2-3-5-8(7)9(11)6-10/h6-8H,2-5H2,1H3/b9-6-. The van der Waals surface area contributed by atoms with Crippen LogP contribution in [0.1, 0.15) is 32.6 Å². The van der Waals surface area contributed by atoms with Gasteiger partial charge < -0.3 is 0 Å². The predicted molar refractivity (Wildman–Crippen MR) is 50.9 cm³/mol. The first kappa shape index (κ1) is 9.41. The van der Waals surface area contributed by atoms with Crippen molar-refractivity contribution in [3.05, 3.63) is 10.6 Å². The molecule has 0 radical (unpaired) electrons. The zero-order chi connectivity index (χ0) is 8.27. The summed E-state index contributed by atoms with van der Waals surface area (Å²) < 4.78 is 0. The highest BCUT2D eigenvalue weighted by molar-refractivity contribution is 6.36. The molecule has 0 aliphatic heterocycles. The van der Waals surface area contributed by atoms with Gasteiger partial charge in [-0.2, -0.15) is 0 Å². The van der Waals surface area contributed by atoms with Crippen LogP contribution in [0.15, 0.2) is 10.6 Å². The van der Waals surface area contributed by atoms with Gasteiger partial charge in [0.15, 0.2) is 0 Å². The van der Waals surface area contributed by atoms with Crippen molar-refractivity contribution in [2.75, 3.05) is 0 Å². The highest BCUT2D eigenvalue weighted by Gasteiger charge is 2.23. The smallest absolute Gasteiger partial charge is 0.0327 e. The van der Waals surface area contributed by atoms with Crippen molar-refractivity contribution in [3.63, 3.8) is 0 Å². The summed E-state index contributed by atoms with van der Waals surface area (Å²) >= 11 is 11.5. The molecule has 1 fully saturated rings. The van der Waals surface area contributed by atoms with Crippen LogP contribution in [0.25, 0.3) is 0 Å². The zero-order valence-corrected chi connectivity index (χ0v) is 8.33. The van der Waals surface area contributed by atoms with Gasteiger partial charge >= 0.3 is 0 Å². The largest absolute Gasteiger partial charge is 0.0917 e. The molecular weight excluding hydrogens is 179 g/mol. The van der Waals surface area contributed by atoms with Gasteiger partial charge in [0.25, 0.3) is 0 Å². The third-order valence-electron chi connectivity index (χ3n) is 2.57. The van der Waals surface area contributed by atoms with Crippen molar-refractivity contribution in [2.24, 2.45) is 11.8 Å². The SMILES string of the molecule is CC1CCCCC1/C(Cl)=C/Cl. The van der Waals surface area contributed by atoms with Gasteiger partial charge in [0.2, 0.25) is 0 Å². The molecule has 0 nitrogen and oxygen atoms in total. The lowest BCUT2D eigenvalue weighted by Crippen LogP contribution is -2.16. The van der Waals surface area contributed by atoms with Crippen molar-refractivity contribution < 1.29 is 0 Å². The Balaban J connectivity index is 2.54. The maximum Gasteiger partial charge on any atom is 0.0327 e. The first-order valence-corrected chi connectivity index (χ1v) is 5.03. The van der Waals surface area contributed by atoms with Gasteiger partial charge in [-0.3, -0.25) is 0 Å². The fourth-order valence-corrected chi connectivity index (χ4v) is 2.29. The predicted octanol–water partition coefficient (Wildman–Crippen LogP) is 4.13. The van der Waals surface area contributed by atoms with Gasteiger partial charge in [0, 0.05) is 10.6 Å². The molecule has 11 heavy (non-hydrogen) atoms. The average molecular weight is 193 g/mol. The van der Waals surface area contributed by atoms with Gasteiger partial charge in [0.1, 0.15) is 0 Å². The summed E-state index contributed by atoms with van der Waals surface area (Å²) in [5.74, 6) is 1.24. The molecule has 0 aromatic heterocycles. The Morgan fingerprint density at radius 3 is 2.55 bits per heavy atom. The molecule has 64 valence electrons. The summed E-state index contributed by atoms with van der Waals surface area (Å²) in [5, 5.41) is 0.846. The van der Waals surface area contributed by atoms with Crippen LogP contribution in [0.4, 0.5) is 0 Å². The van der Waals surface area contributed by atoms with Crippen LogP contribution in [0.2, 0.25) is 0 Å². The minimum absolute atomic E-state index is 0.530. The molecule has 0 N–H and O–H groups in total. The summed E-state index contributed by atoms with van der Waals surface area (Å²) in [6.45, 7) is 2.26. The third-order valence-corrected chi connectivity index (χ3v) is 3.31. The maximum atomic E-state index is 5.97. The molecule has 1 aliphatic rings. The first-order valence-electron chi connectivity index (χ1n) is 4.21. The van der Waals surface area contributed by atoms with Crippen molar-refractivity contribution in [1.82, 2.24) is 0 Å². The van der Waals surface area contributed by atoms with E-state index in [4.69, 9.17) is 23.2 Å². The quantitative estimate of drug-likeness (QED) is 0.587. The minimum atomic E-state index is 0.530. The molecule has 2 unspecified atom stereocenters. The summed E-state index contributed by atoms with van der Waals surface area (Å²) in [5.41, 5.74) is 1.52. The lowest BCUT2D eigenvalue weighted by atomic mass is 9.80. The second-order valence-corrected chi connectivity index (χ2v) is 4.02. The molecule has 1 aliphatic carbocycles. The molecule has 0 saturated heterocycles. The summed E-state index contributed by atoms with van der Waals surface area (Å²) in [6, 6.07) is 0. The molecule has 0 amide bonds. The number of rotatable bonds is 1. The van der Waals surface area contributed by atoms with E-state index in [0.29, 0.717) is 11.8 Å². The van der Waals surface area contributed by atoms with Crippen LogP contribution in [0.5, 0.6) is 0 Å². The van der Waals surface area contributed by atoms with E-state index in [0.717, 1.165) is 5.03 Å². The molecule has 1 rings (SSSR count). The number of allylic oxidation sites excluding steroid dienone is 1. The molecule has 0 aromatic carbocycles. The van der Waals surface area contributed by atoms with Gasteiger partial charge in [-0.05, 0) is 18.3 Å². The van der Waals surface area contributed by atoms with E-state index < -0.39 is 0 Å². The molecule has 0 aromatic rings. The van der Waals surface area contributed by atoms with Crippen LogP contribution in [0.3, 0.4) is 0 Å². The van der Waals surface area contributed by atoms with Crippen molar-refractivity contribution in [3.8, 4) is 0 Å². The Bertz CT molecular complexity index is 152. The van der Waals surface area contributed by atoms with Crippen LogP contribution < -0.4 is 0 Å². The summed E-state index contributed by atoms with van der Waals surface area (Å²) in [7, 11) is 0. The van der Waals surface area contributed by atoms with Crippen LogP contribution in [0, 0.1) is 11.8 Å². The lowest BCUT2D eigenvalue weighted by Gasteiger charge is -2.27. The number of hydrogen-bond donors (Lipinski definition) is 0. The second kappa shape index (κ2) is 4.37. The van der Waals surface area contributed by atoms with E-state index in [9.17, 15) is 0 Å². The Kier molecular flexibility index (Phi) is 3.74. The lowest BCUT2D eigenvalue weighted by molar-refractivity contribution is 0.302. The van der Waals surface area contributed by atoms with Gasteiger partial charge in [-0.25, -0.2) is 0 Å². The highest BCUT2D eigenvalue weighted by atomic mass is 35.5. The van der Waals surface area contributed by atoms with E-state index >= 15 is 0 Å². The van der Waals surface area contributed by atoms with Crippen LogP contribution in [-0.4, -0.2) is 0 Å². The average Bonchev–Trinajstić information content (AvgIpc) is 2.04. The topological polar surface area (TPSA) is 0 Å². The van der Waals surface area contributed by atoms with Crippen LogP contribution >= 0.6 is 23.2 Å². The van der Waals surface area contributed by atoms with E-state index in [-0.39, 0.29) is 0 Å². The Morgan fingerprint density at radius 2 is 2.00 bits per heavy atom. The maximum absolute atomic E-state index is 5.97. The van der Waals surface area contributed by atoms with Gasteiger partial charge in [-0.15, -0.1) is 0 Å². The normalized spacial score (nSPS) is 33.9.